The third-order valence-electron chi connectivity index (χ3n) is 3.70. The van der Waals surface area contributed by atoms with Crippen molar-refractivity contribution in [1.82, 2.24) is 9.97 Å². The quantitative estimate of drug-likeness (QED) is 0.672. The van der Waals surface area contributed by atoms with Gasteiger partial charge in [-0.2, -0.15) is 13.2 Å². The van der Waals surface area contributed by atoms with Crippen LogP contribution in [0.1, 0.15) is 33.5 Å². The van der Waals surface area contributed by atoms with Gasteiger partial charge in [0.25, 0.3) is 5.91 Å². The van der Waals surface area contributed by atoms with Crippen LogP contribution in [0.3, 0.4) is 0 Å². The van der Waals surface area contributed by atoms with Crippen molar-refractivity contribution in [3.8, 4) is 11.3 Å². The predicted octanol–water partition coefficient (Wildman–Crippen LogP) is 4.08. The number of rotatable bonds is 7. The largest absolute Gasteiger partial charge is 0.408 e. The molecule has 0 aromatic carbocycles. The van der Waals surface area contributed by atoms with Crippen molar-refractivity contribution in [2.45, 2.75) is 39.2 Å². The fourth-order valence-electron chi connectivity index (χ4n) is 2.32. The Morgan fingerprint density at radius 3 is 2.26 bits per heavy atom. The molecule has 2 heterocycles. The Labute approximate surface area is 153 Å². The number of hydrogen-bond donors (Lipinski definition) is 2. The molecule has 2 aromatic heterocycles. The standard InChI is InChI=1S/C15H14F6N4OS/c1-6(15(19,20)21)23-13-8(3-17)7(2-16)11(9(4-18)24-13)10-5-27-14(25-10)12(22)26/h5-6H,2-4H2,1H3,(H2,22,26)(H,23,24)/t6-/m0/s1. The first-order valence-corrected chi connectivity index (χ1v) is 8.33. The number of carbonyl (C=O) groups excluding carboxylic acids is 1. The Morgan fingerprint density at radius 2 is 1.81 bits per heavy atom. The number of nitrogens with zero attached hydrogens (tertiary/aromatic N) is 2. The van der Waals surface area contributed by atoms with Crippen LogP contribution in [0.25, 0.3) is 11.3 Å². The molecule has 148 valence electrons. The van der Waals surface area contributed by atoms with Crippen molar-refractivity contribution in [1.29, 1.82) is 0 Å². The van der Waals surface area contributed by atoms with Crippen molar-refractivity contribution >= 4 is 23.1 Å². The molecule has 1 atom stereocenters. The highest BCUT2D eigenvalue weighted by atomic mass is 32.1. The van der Waals surface area contributed by atoms with Crippen molar-refractivity contribution in [3.05, 3.63) is 27.2 Å². The second-order valence-electron chi connectivity index (χ2n) is 5.45. The van der Waals surface area contributed by atoms with Gasteiger partial charge in [0.15, 0.2) is 5.01 Å². The van der Waals surface area contributed by atoms with E-state index in [-0.39, 0.29) is 16.3 Å². The molecule has 0 fully saturated rings. The van der Waals surface area contributed by atoms with E-state index in [9.17, 15) is 31.1 Å². The van der Waals surface area contributed by atoms with E-state index in [0.717, 1.165) is 18.3 Å². The second-order valence-corrected chi connectivity index (χ2v) is 6.31. The lowest BCUT2D eigenvalue weighted by molar-refractivity contribution is -0.138. The molecule has 0 aliphatic carbocycles. The van der Waals surface area contributed by atoms with Crippen LogP contribution in [-0.2, 0) is 20.0 Å². The van der Waals surface area contributed by atoms with Crippen LogP contribution in [0, 0.1) is 0 Å². The van der Waals surface area contributed by atoms with E-state index >= 15 is 0 Å². The lowest BCUT2D eigenvalue weighted by atomic mass is 9.99. The van der Waals surface area contributed by atoms with E-state index in [1.165, 1.54) is 5.38 Å². The van der Waals surface area contributed by atoms with Gasteiger partial charge in [0.05, 0.1) is 11.4 Å². The highest BCUT2D eigenvalue weighted by Gasteiger charge is 2.37. The maximum atomic E-state index is 13.7. The van der Waals surface area contributed by atoms with Crippen LogP contribution in [-0.4, -0.2) is 28.1 Å². The van der Waals surface area contributed by atoms with Crippen LogP contribution in [0.2, 0.25) is 0 Å². The molecule has 0 spiro atoms. The molecule has 0 unspecified atom stereocenters. The summed E-state index contributed by atoms with van der Waals surface area (Å²) in [7, 11) is 0. The smallest absolute Gasteiger partial charge is 0.364 e. The molecule has 0 bridgehead atoms. The lowest BCUT2D eigenvalue weighted by Crippen LogP contribution is -2.34. The van der Waals surface area contributed by atoms with Crippen molar-refractivity contribution in [2.75, 3.05) is 5.32 Å². The summed E-state index contributed by atoms with van der Waals surface area (Å²) in [6, 6.07) is -2.12. The monoisotopic (exact) mass is 412 g/mol. The summed E-state index contributed by atoms with van der Waals surface area (Å²) in [4.78, 5) is 18.7. The number of nitrogens with two attached hydrogens (primary N) is 1. The van der Waals surface area contributed by atoms with Gasteiger partial charge in [0.2, 0.25) is 0 Å². The van der Waals surface area contributed by atoms with Gasteiger partial charge in [-0.3, -0.25) is 4.79 Å². The fourth-order valence-corrected chi connectivity index (χ4v) is 2.99. The van der Waals surface area contributed by atoms with Crippen molar-refractivity contribution in [2.24, 2.45) is 5.73 Å². The highest BCUT2D eigenvalue weighted by molar-refractivity contribution is 7.12. The van der Waals surface area contributed by atoms with Gasteiger partial charge in [0.1, 0.15) is 31.9 Å². The molecular weight excluding hydrogens is 398 g/mol. The predicted molar refractivity (Wildman–Crippen MR) is 87.4 cm³/mol. The zero-order chi connectivity index (χ0) is 20.4. The summed E-state index contributed by atoms with van der Waals surface area (Å²) in [6.07, 6.45) is -4.68. The molecule has 0 saturated heterocycles. The zero-order valence-corrected chi connectivity index (χ0v) is 14.6. The summed E-state index contributed by atoms with van der Waals surface area (Å²) >= 11 is 0.806. The number of aromatic nitrogens is 2. The van der Waals surface area contributed by atoms with Gasteiger partial charge in [0, 0.05) is 22.1 Å². The Balaban J connectivity index is 2.66. The van der Waals surface area contributed by atoms with E-state index in [4.69, 9.17) is 5.73 Å². The average molecular weight is 412 g/mol. The number of pyridine rings is 1. The summed E-state index contributed by atoms with van der Waals surface area (Å²) in [5.74, 6) is -1.47. The number of hydrogen-bond acceptors (Lipinski definition) is 5. The Morgan fingerprint density at radius 1 is 1.19 bits per heavy atom. The van der Waals surface area contributed by atoms with Gasteiger partial charge in [-0.1, -0.05) is 0 Å². The van der Waals surface area contributed by atoms with Gasteiger partial charge >= 0.3 is 6.18 Å². The summed E-state index contributed by atoms with van der Waals surface area (Å²) in [5, 5.41) is 3.09. The molecule has 3 N–H and O–H groups in total. The minimum Gasteiger partial charge on any atom is -0.364 e. The van der Waals surface area contributed by atoms with Crippen LogP contribution in [0.15, 0.2) is 5.38 Å². The lowest BCUT2D eigenvalue weighted by Gasteiger charge is -2.22. The number of nitrogens with one attached hydrogen (secondary N) is 1. The first-order chi connectivity index (χ1) is 12.6. The molecular formula is C15H14F6N4OS. The van der Waals surface area contributed by atoms with Crippen molar-refractivity contribution < 1.29 is 31.1 Å². The van der Waals surface area contributed by atoms with Crippen LogP contribution in [0.4, 0.5) is 32.2 Å². The Bertz CT molecular complexity index is 838. The number of thiazole rings is 1. The fraction of sp³-hybridized carbons (Fsp3) is 0.400. The molecule has 1 amide bonds. The normalized spacial score (nSPS) is 12.9. The Kier molecular flexibility index (Phi) is 6.29. The molecule has 0 aliphatic rings. The summed E-state index contributed by atoms with van der Waals surface area (Å²) in [5.41, 5.74) is 3.52. The van der Waals surface area contributed by atoms with Crippen molar-refractivity contribution in [3.63, 3.8) is 0 Å². The van der Waals surface area contributed by atoms with Gasteiger partial charge in [-0.25, -0.2) is 23.1 Å². The number of halogens is 6. The van der Waals surface area contributed by atoms with Gasteiger partial charge in [-0.05, 0) is 6.92 Å². The Hall–Kier alpha value is -2.37. The number of amides is 1. The minimum absolute atomic E-state index is 0.0632. The maximum absolute atomic E-state index is 13.7. The van der Waals surface area contributed by atoms with Gasteiger partial charge < -0.3 is 11.1 Å². The molecule has 27 heavy (non-hydrogen) atoms. The summed E-state index contributed by atoms with van der Waals surface area (Å²) < 4.78 is 79.0. The number of alkyl halides is 6. The van der Waals surface area contributed by atoms with E-state index in [1.54, 1.807) is 0 Å². The summed E-state index contributed by atoms with van der Waals surface area (Å²) in [6.45, 7) is -3.15. The molecule has 2 aromatic rings. The number of carbonyl (C=O) groups is 1. The molecule has 0 aliphatic heterocycles. The second kappa shape index (κ2) is 8.11. The zero-order valence-electron chi connectivity index (χ0n) is 13.8. The van der Waals surface area contributed by atoms with Crippen LogP contribution >= 0.6 is 11.3 Å². The SMILES string of the molecule is C[C@H](Nc1nc(CF)c(-c2csc(C(N)=O)n2)c(CF)c1CF)C(F)(F)F. The first-order valence-electron chi connectivity index (χ1n) is 7.45. The molecule has 0 saturated carbocycles. The molecule has 2 rings (SSSR count). The number of primary amides is 1. The van der Waals surface area contributed by atoms with Gasteiger partial charge in [-0.15, -0.1) is 11.3 Å². The molecule has 12 heteroatoms. The topological polar surface area (TPSA) is 80.9 Å². The van der Waals surface area contributed by atoms with Crippen LogP contribution in [0.5, 0.6) is 0 Å². The van der Waals surface area contributed by atoms with E-state index in [1.807, 2.05) is 5.32 Å². The highest BCUT2D eigenvalue weighted by Crippen LogP contribution is 2.36. The maximum Gasteiger partial charge on any atom is 0.408 e. The third-order valence-corrected chi connectivity index (χ3v) is 4.55. The van der Waals surface area contributed by atoms with Crippen LogP contribution < -0.4 is 11.1 Å². The van der Waals surface area contributed by atoms with E-state index < -0.39 is 60.8 Å². The van der Waals surface area contributed by atoms with E-state index in [2.05, 4.69) is 9.97 Å². The molecule has 5 nitrogen and oxygen atoms in total. The first kappa shape index (κ1) is 20.9. The molecule has 0 radical (unpaired) electrons. The number of anilines is 1. The third kappa shape index (κ3) is 4.31. The van der Waals surface area contributed by atoms with E-state index in [0.29, 0.717) is 0 Å². The average Bonchev–Trinajstić information content (AvgIpc) is 3.09. The minimum atomic E-state index is -4.68.